The number of hydrogen-bond acceptors (Lipinski definition) is 4. The van der Waals surface area contributed by atoms with Crippen LogP contribution >= 0.6 is 0 Å². The first-order valence-corrected chi connectivity index (χ1v) is 2.75. The Morgan fingerprint density at radius 3 is 1.14 bits per heavy atom. The van der Waals surface area contributed by atoms with Crippen LogP contribution in [0.3, 0.4) is 0 Å². The van der Waals surface area contributed by atoms with Gasteiger partial charge in [-0.1, -0.05) is 0 Å². The molecular formula is CrLiMnO4+. The van der Waals surface area contributed by atoms with Crippen LogP contribution in [0.15, 0.2) is 0 Å². The molecule has 4 nitrogen and oxygen atoms in total. The van der Waals surface area contributed by atoms with Crippen molar-refractivity contribution < 1.29 is 65.5 Å². The molecule has 0 aromatic rings. The monoisotopic (exact) mass is 178 g/mol. The van der Waals surface area contributed by atoms with Crippen LogP contribution < -0.4 is 27.2 Å². The van der Waals surface area contributed by atoms with E-state index in [-0.39, 0.29) is 35.9 Å². The van der Waals surface area contributed by atoms with Crippen molar-refractivity contribution in [1.82, 2.24) is 0 Å². The molecule has 37 valence electrons. The van der Waals surface area contributed by atoms with E-state index in [4.69, 9.17) is 15.9 Å². The average molecular weight is 178 g/mol. The summed E-state index contributed by atoms with van der Waals surface area (Å²) in [4.78, 5) is 0. The summed E-state index contributed by atoms with van der Waals surface area (Å²) in [6, 6.07) is 0. The van der Waals surface area contributed by atoms with Crippen LogP contribution in [-0.4, -0.2) is 0 Å². The first kappa shape index (κ1) is 15.7. The summed E-state index contributed by atoms with van der Waals surface area (Å²) in [6.45, 7) is 0. The standard InChI is InChI=1S/Cr.Li.Mn.4O/q;+1;+2;;;2*-1. The van der Waals surface area contributed by atoms with E-state index in [1.165, 1.54) is 0 Å². The molecule has 0 fully saturated rings. The Hall–Kier alpha value is 1.17. The van der Waals surface area contributed by atoms with Gasteiger partial charge in [-0.3, -0.25) is 0 Å². The predicted molar refractivity (Wildman–Crippen MR) is 1.37 cm³/mol. The summed E-state index contributed by atoms with van der Waals surface area (Å²) < 4.78 is 34.4. The second-order valence-corrected chi connectivity index (χ2v) is 1.68. The maximum atomic E-state index is 8.59. The van der Waals surface area contributed by atoms with Gasteiger partial charge in [-0.05, 0) is 0 Å². The molecule has 0 saturated heterocycles. The maximum absolute atomic E-state index is 8.59. The minimum absolute atomic E-state index is 0. The first-order valence-electron chi connectivity index (χ1n) is 0.667. The van der Waals surface area contributed by atoms with E-state index >= 15 is 0 Å². The van der Waals surface area contributed by atoms with Crippen LogP contribution in [0.25, 0.3) is 0 Å². The molecule has 1 radical (unpaired) electrons. The van der Waals surface area contributed by atoms with Gasteiger partial charge in [0.15, 0.2) is 0 Å². The van der Waals surface area contributed by atoms with Crippen LogP contribution in [0.5, 0.6) is 0 Å². The van der Waals surface area contributed by atoms with Crippen molar-refractivity contribution >= 4 is 0 Å². The third-order valence-electron chi connectivity index (χ3n) is 0. The molecule has 0 aliphatic rings. The van der Waals surface area contributed by atoms with Crippen molar-refractivity contribution in [2.24, 2.45) is 0 Å². The molecule has 0 aromatic carbocycles. The van der Waals surface area contributed by atoms with Gasteiger partial charge in [-0.25, -0.2) is 0 Å². The Morgan fingerprint density at radius 1 is 1.14 bits per heavy atom. The van der Waals surface area contributed by atoms with E-state index in [0.29, 0.717) is 0 Å². The van der Waals surface area contributed by atoms with E-state index in [1.54, 1.807) is 0 Å². The van der Waals surface area contributed by atoms with Gasteiger partial charge in [0.25, 0.3) is 0 Å². The zero-order valence-electron chi connectivity index (χ0n) is 3.42. The summed E-state index contributed by atoms with van der Waals surface area (Å²) in [5.41, 5.74) is 0. The molecular weight excluding hydrogens is 178 g/mol. The molecule has 0 heterocycles. The van der Waals surface area contributed by atoms with Gasteiger partial charge < -0.3 is 0 Å². The molecule has 0 spiro atoms. The van der Waals surface area contributed by atoms with Gasteiger partial charge in [0.1, 0.15) is 0 Å². The van der Waals surface area contributed by atoms with Crippen LogP contribution in [0, 0.1) is 0 Å². The third-order valence-corrected chi connectivity index (χ3v) is 0. The van der Waals surface area contributed by atoms with Gasteiger partial charge in [-0.2, -0.15) is 0 Å². The fraction of sp³-hybridized carbons (Fsp3) is 0. The molecule has 0 N–H and O–H groups in total. The van der Waals surface area contributed by atoms with E-state index in [2.05, 4.69) is 0 Å². The second-order valence-electron chi connectivity index (χ2n) is 0.408. The topological polar surface area (TPSA) is 80.3 Å². The Morgan fingerprint density at radius 2 is 1.14 bits per heavy atom. The third kappa shape index (κ3) is 140. The SMILES string of the molecule is [Li+].[Mn+2].[O]=[Cr](=[O])([O-])[O-]. The second kappa shape index (κ2) is 5.31. The minimum atomic E-state index is -5.75. The number of hydrogen-bond donors (Lipinski definition) is 0. The van der Waals surface area contributed by atoms with E-state index in [9.17, 15) is 0 Å². The predicted octanol–water partition coefficient (Wildman–Crippen LogP) is -5.62. The zero-order chi connectivity index (χ0) is 4.50. The fourth-order valence-corrected chi connectivity index (χ4v) is 0. The van der Waals surface area contributed by atoms with Crippen LogP contribution in [0.2, 0.25) is 0 Å². The zero-order valence-corrected chi connectivity index (χ0v) is 5.87. The van der Waals surface area contributed by atoms with E-state index < -0.39 is 13.6 Å². The first-order chi connectivity index (χ1) is 2.00. The van der Waals surface area contributed by atoms with Crippen molar-refractivity contribution in [2.45, 2.75) is 0 Å². The molecule has 0 unspecified atom stereocenters. The molecule has 0 saturated carbocycles. The van der Waals surface area contributed by atoms with E-state index in [1.807, 2.05) is 0 Å². The van der Waals surface area contributed by atoms with Gasteiger partial charge in [-0.15, -0.1) is 0 Å². The molecule has 0 bridgehead atoms. The Labute approximate surface area is 65.3 Å². The molecule has 0 atom stereocenters. The van der Waals surface area contributed by atoms with E-state index in [0.717, 1.165) is 0 Å². The van der Waals surface area contributed by atoms with Crippen molar-refractivity contribution in [3.63, 3.8) is 0 Å². The Bertz CT molecular complexity index is 94.9. The summed E-state index contributed by atoms with van der Waals surface area (Å²) >= 11 is -5.75. The van der Waals surface area contributed by atoms with Crippen molar-refractivity contribution in [1.29, 1.82) is 0 Å². The molecule has 0 aromatic heterocycles. The summed E-state index contributed by atoms with van der Waals surface area (Å²) in [7, 11) is 0. The Kier molecular flexibility index (Phi) is 11.9. The fourth-order valence-electron chi connectivity index (χ4n) is 0. The summed E-state index contributed by atoms with van der Waals surface area (Å²) in [5, 5.41) is 0. The Balaban J connectivity index is -0.0000000800. The molecule has 0 rings (SSSR count). The van der Waals surface area contributed by atoms with Crippen LogP contribution in [0.4, 0.5) is 0 Å². The summed E-state index contributed by atoms with van der Waals surface area (Å²) in [6.07, 6.45) is 0. The molecule has 0 aliphatic heterocycles. The van der Waals surface area contributed by atoms with Crippen molar-refractivity contribution in [3.8, 4) is 0 Å². The van der Waals surface area contributed by atoms with Crippen molar-refractivity contribution in [2.75, 3.05) is 0 Å². The van der Waals surface area contributed by atoms with Gasteiger partial charge >= 0.3 is 65.5 Å². The average Bonchev–Trinajstić information content (AvgIpc) is 0.722. The van der Waals surface area contributed by atoms with Gasteiger partial charge in [0.2, 0.25) is 0 Å². The molecule has 0 amide bonds. The normalized spacial score (nSPS) is 8.29. The van der Waals surface area contributed by atoms with Crippen LogP contribution in [-0.2, 0) is 38.3 Å². The quantitative estimate of drug-likeness (QED) is 0.346. The van der Waals surface area contributed by atoms with Gasteiger partial charge in [0.05, 0.1) is 0 Å². The van der Waals surface area contributed by atoms with Gasteiger partial charge in [0, 0.05) is 0 Å². The summed E-state index contributed by atoms with van der Waals surface area (Å²) in [5.74, 6) is 0. The van der Waals surface area contributed by atoms with Crippen LogP contribution in [0.1, 0.15) is 0 Å². The molecule has 0 aliphatic carbocycles. The molecule has 7 heavy (non-hydrogen) atoms. The van der Waals surface area contributed by atoms with Crippen molar-refractivity contribution in [3.05, 3.63) is 0 Å². The number of rotatable bonds is 0. The molecule has 7 heteroatoms.